The van der Waals surface area contributed by atoms with E-state index in [-0.39, 0.29) is 12.2 Å². The number of esters is 1. The van der Waals surface area contributed by atoms with Gasteiger partial charge in [0.1, 0.15) is 11.6 Å². The van der Waals surface area contributed by atoms with Crippen molar-refractivity contribution in [1.82, 2.24) is 0 Å². The predicted octanol–water partition coefficient (Wildman–Crippen LogP) is 2.94. The number of carbonyl (C=O) groups is 1. The van der Waals surface area contributed by atoms with Crippen LogP contribution in [0, 0.1) is 11.3 Å². The van der Waals surface area contributed by atoms with Gasteiger partial charge < -0.3 is 4.74 Å². The first-order chi connectivity index (χ1) is 8.24. The third kappa shape index (κ3) is 3.18. The highest BCUT2D eigenvalue weighted by Gasteiger charge is 2.16. The molecule has 0 amide bonds. The molecule has 0 fully saturated rings. The maximum absolute atomic E-state index is 11.6. The zero-order valence-corrected chi connectivity index (χ0v) is 10.1. The van der Waals surface area contributed by atoms with Crippen LogP contribution in [0.5, 0.6) is 0 Å². The molecular formula is C14H15NO2. The van der Waals surface area contributed by atoms with Crippen molar-refractivity contribution in [1.29, 1.82) is 5.26 Å². The van der Waals surface area contributed by atoms with Crippen molar-refractivity contribution in [3.8, 4) is 6.07 Å². The monoisotopic (exact) mass is 229 g/mol. The van der Waals surface area contributed by atoms with E-state index in [0.717, 1.165) is 11.1 Å². The Kier molecular flexibility index (Phi) is 4.96. The molecule has 0 unspecified atom stereocenters. The Morgan fingerprint density at radius 3 is 2.41 bits per heavy atom. The summed E-state index contributed by atoms with van der Waals surface area (Å²) in [6.07, 6.45) is 0.617. The molecule has 1 rings (SSSR count). The molecule has 0 N–H and O–H groups in total. The standard InChI is InChI=1S/C14H15NO2/c1-3-12(11-8-6-5-7-9-11)13(10-15)14(16)17-4-2/h5-9H,3-4H2,1-2H3/b13-12+. The third-order valence-corrected chi connectivity index (χ3v) is 2.37. The van der Waals surface area contributed by atoms with E-state index < -0.39 is 5.97 Å². The Bertz CT molecular complexity index is 455. The minimum atomic E-state index is -0.546. The van der Waals surface area contributed by atoms with E-state index in [0.29, 0.717) is 6.42 Å². The molecule has 1 aromatic carbocycles. The average Bonchev–Trinajstić information content (AvgIpc) is 2.37. The Labute approximate surface area is 101 Å². The van der Waals surface area contributed by atoms with Gasteiger partial charge in [-0.3, -0.25) is 0 Å². The van der Waals surface area contributed by atoms with Gasteiger partial charge in [-0.2, -0.15) is 5.26 Å². The second-order valence-electron chi connectivity index (χ2n) is 3.41. The molecular weight excluding hydrogens is 214 g/mol. The molecule has 0 heterocycles. The topological polar surface area (TPSA) is 50.1 Å². The summed E-state index contributed by atoms with van der Waals surface area (Å²) in [6.45, 7) is 3.91. The fraction of sp³-hybridized carbons (Fsp3) is 0.286. The summed E-state index contributed by atoms with van der Waals surface area (Å²) >= 11 is 0. The first-order valence-electron chi connectivity index (χ1n) is 5.60. The fourth-order valence-corrected chi connectivity index (χ4v) is 1.60. The number of hydrogen-bond donors (Lipinski definition) is 0. The molecule has 0 spiro atoms. The van der Waals surface area contributed by atoms with E-state index in [1.165, 1.54) is 0 Å². The van der Waals surface area contributed by atoms with Gasteiger partial charge in [-0.1, -0.05) is 37.3 Å². The smallest absolute Gasteiger partial charge is 0.349 e. The van der Waals surface area contributed by atoms with Crippen LogP contribution in [-0.2, 0) is 9.53 Å². The van der Waals surface area contributed by atoms with Crippen LogP contribution in [0.25, 0.3) is 5.57 Å². The Morgan fingerprint density at radius 1 is 1.29 bits per heavy atom. The molecule has 0 saturated heterocycles. The van der Waals surface area contributed by atoms with Crippen LogP contribution < -0.4 is 0 Å². The van der Waals surface area contributed by atoms with Crippen LogP contribution in [-0.4, -0.2) is 12.6 Å². The zero-order chi connectivity index (χ0) is 12.7. The van der Waals surface area contributed by atoms with E-state index in [2.05, 4.69) is 0 Å². The van der Waals surface area contributed by atoms with Crippen LogP contribution in [0.15, 0.2) is 35.9 Å². The second kappa shape index (κ2) is 6.49. The second-order valence-corrected chi connectivity index (χ2v) is 3.41. The molecule has 0 aromatic heterocycles. The van der Waals surface area contributed by atoms with Crippen LogP contribution in [0.3, 0.4) is 0 Å². The van der Waals surface area contributed by atoms with Gasteiger partial charge in [-0.25, -0.2) is 4.79 Å². The molecule has 0 atom stereocenters. The van der Waals surface area contributed by atoms with Crippen molar-refractivity contribution in [2.45, 2.75) is 20.3 Å². The van der Waals surface area contributed by atoms with E-state index in [4.69, 9.17) is 10.00 Å². The maximum atomic E-state index is 11.6. The number of rotatable bonds is 4. The van der Waals surface area contributed by atoms with E-state index in [1.807, 2.05) is 43.3 Å². The largest absolute Gasteiger partial charge is 0.462 e. The first kappa shape index (κ1) is 13.0. The van der Waals surface area contributed by atoms with Gasteiger partial charge in [0.15, 0.2) is 0 Å². The number of benzene rings is 1. The lowest BCUT2D eigenvalue weighted by molar-refractivity contribution is -0.137. The van der Waals surface area contributed by atoms with Gasteiger partial charge in [0, 0.05) is 0 Å². The predicted molar refractivity (Wildman–Crippen MR) is 65.9 cm³/mol. The summed E-state index contributed by atoms with van der Waals surface area (Å²) in [6, 6.07) is 11.4. The van der Waals surface area contributed by atoms with Crippen molar-refractivity contribution in [3.63, 3.8) is 0 Å². The van der Waals surface area contributed by atoms with Crippen molar-refractivity contribution in [2.24, 2.45) is 0 Å². The molecule has 0 radical (unpaired) electrons. The fourth-order valence-electron chi connectivity index (χ4n) is 1.60. The lowest BCUT2D eigenvalue weighted by Gasteiger charge is -2.08. The molecule has 0 aliphatic rings. The van der Waals surface area contributed by atoms with E-state index in [1.54, 1.807) is 6.92 Å². The van der Waals surface area contributed by atoms with Crippen molar-refractivity contribution >= 4 is 11.5 Å². The molecule has 0 saturated carbocycles. The average molecular weight is 229 g/mol. The van der Waals surface area contributed by atoms with Crippen molar-refractivity contribution in [3.05, 3.63) is 41.5 Å². The van der Waals surface area contributed by atoms with E-state index in [9.17, 15) is 4.79 Å². The van der Waals surface area contributed by atoms with Crippen LogP contribution in [0.2, 0.25) is 0 Å². The highest BCUT2D eigenvalue weighted by molar-refractivity contribution is 6.01. The number of ether oxygens (including phenoxy) is 1. The summed E-state index contributed by atoms with van der Waals surface area (Å²) in [7, 11) is 0. The normalized spacial score (nSPS) is 11.4. The Balaban J connectivity index is 3.21. The lowest BCUT2D eigenvalue weighted by atomic mass is 9.98. The molecule has 0 aliphatic heterocycles. The number of allylic oxidation sites excluding steroid dienone is 1. The maximum Gasteiger partial charge on any atom is 0.349 e. The van der Waals surface area contributed by atoms with Gasteiger partial charge >= 0.3 is 5.97 Å². The van der Waals surface area contributed by atoms with Crippen molar-refractivity contribution in [2.75, 3.05) is 6.61 Å². The minimum Gasteiger partial charge on any atom is -0.462 e. The molecule has 17 heavy (non-hydrogen) atoms. The molecule has 0 bridgehead atoms. The van der Waals surface area contributed by atoms with Gasteiger partial charge in [0.05, 0.1) is 6.61 Å². The van der Waals surface area contributed by atoms with Crippen LogP contribution in [0.1, 0.15) is 25.8 Å². The van der Waals surface area contributed by atoms with Gasteiger partial charge in [-0.15, -0.1) is 0 Å². The van der Waals surface area contributed by atoms with Crippen molar-refractivity contribution < 1.29 is 9.53 Å². The number of nitriles is 1. The first-order valence-corrected chi connectivity index (χ1v) is 5.60. The summed E-state index contributed by atoms with van der Waals surface area (Å²) in [5, 5.41) is 9.08. The lowest BCUT2D eigenvalue weighted by Crippen LogP contribution is -2.08. The van der Waals surface area contributed by atoms with Gasteiger partial charge in [0.25, 0.3) is 0 Å². The molecule has 88 valence electrons. The molecule has 1 aromatic rings. The zero-order valence-electron chi connectivity index (χ0n) is 10.1. The number of nitrogens with zero attached hydrogens (tertiary/aromatic N) is 1. The summed E-state index contributed by atoms with van der Waals surface area (Å²) in [5.41, 5.74) is 1.71. The van der Waals surface area contributed by atoms with Crippen LogP contribution >= 0.6 is 0 Å². The summed E-state index contributed by atoms with van der Waals surface area (Å²) in [5.74, 6) is -0.546. The quantitative estimate of drug-likeness (QED) is 0.453. The summed E-state index contributed by atoms with van der Waals surface area (Å²) < 4.78 is 4.88. The Hall–Kier alpha value is -2.08. The highest BCUT2D eigenvalue weighted by atomic mass is 16.5. The van der Waals surface area contributed by atoms with E-state index >= 15 is 0 Å². The molecule has 3 heteroatoms. The number of hydrogen-bond acceptors (Lipinski definition) is 3. The van der Waals surface area contributed by atoms with Gasteiger partial charge in [0.2, 0.25) is 0 Å². The highest BCUT2D eigenvalue weighted by Crippen LogP contribution is 2.22. The minimum absolute atomic E-state index is 0.0977. The SMILES string of the molecule is CCOC(=O)/C(C#N)=C(\CC)c1ccccc1. The molecule has 3 nitrogen and oxygen atoms in total. The van der Waals surface area contributed by atoms with Gasteiger partial charge in [-0.05, 0) is 24.5 Å². The molecule has 0 aliphatic carbocycles. The Morgan fingerprint density at radius 2 is 1.94 bits per heavy atom. The number of carbonyl (C=O) groups excluding carboxylic acids is 1. The van der Waals surface area contributed by atoms with Crippen LogP contribution in [0.4, 0.5) is 0 Å². The summed E-state index contributed by atoms with van der Waals surface area (Å²) in [4.78, 5) is 11.6. The third-order valence-electron chi connectivity index (χ3n) is 2.37.